The van der Waals surface area contributed by atoms with Crippen LogP contribution in [0.5, 0.6) is 0 Å². The van der Waals surface area contributed by atoms with Crippen LogP contribution in [0.25, 0.3) is 6.08 Å². The number of benzene rings is 1. The van der Waals surface area contributed by atoms with Gasteiger partial charge in [-0.2, -0.15) is 0 Å². The first-order valence-electron chi connectivity index (χ1n) is 3.75. The van der Waals surface area contributed by atoms with Crippen LogP contribution in [0.15, 0.2) is 29.8 Å². The number of fused-ring (bicyclic) bond motifs is 1. The van der Waals surface area contributed by atoms with Crippen molar-refractivity contribution in [3.05, 3.63) is 41.0 Å². The van der Waals surface area contributed by atoms with Crippen molar-refractivity contribution in [1.82, 2.24) is 0 Å². The molecule has 1 nitrogen and oxygen atoms in total. The van der Waals surface area contributed by atoms with Gasteiger partial charge < -0.3 is 0 Å². The Kier molecular flexibility index (Phi) is 1.51. The lowest BCUT2D eigenvalue weighted by Gasteiger charge is -1.94. The standard InChI is InChI=1S/C10H9O/c11-7-8-5-9-3-1-2-4-10(9)6-8/h1-5H,6-7H2. The molecule has 0 aliphatic heterocycles. The van der Waals surface area contributed by atoms with Crippen molar-refractivity contribution in [1.29, 1.82) is 0 Å². The van der Waals surface area contributed by atoms with E-state index in [9.17, 15) is 5.11 Å². The van der Waals surface area contributed by atoms with E-state index in [4.69, 9.17) is 0 Å². The summed E-state index contributed by atoms with van der Waals surface area (Å²) in [6, 6.07) is 8.15. The Bertz CT molecular complexity index is 299. The molecule has 0 saturated heterocycles. The average Bonchev–Trinajstić information content (AvgIpc) is 2.46. The van der Waals surface area contributed by atoms with Crippen LogP contribution in [0.4, 0.5) is 0 Å². The minimum absolute atomic E-state index is 0.0608. The summed E-state index contributed by atoms with van der Waals surface area (Å²) in [6.07, 6.45) is 2.86. The minimum Gasteiger partial charge on any atom is -0.232 e. The first-order chi connectivity index (χ1) is 5.40. The fraction of sp³-hybridized carbons (Fsp3) is 0.200. The molecule has 0 fully saturated rings. The van der Waals surface area contributed by atoms with Gasteiger partial charge in [-0.3, -0.25) is 0 Å². The van der Waals surface area contributed by atoms with Crippen molar-refractivity contribution in [2.24, 2.45) is 0 Å². The minimum atomic E-state index is -0.0608. The Morgan fingerprint density at radius 2 is 2.09 bits per heavy atom. The van der Waals surface area contributed by atoms with Gasteiger partial charge in [-0.15, -0.1) is 0 Å². The lowest BCUT2D eigenvalue weighted by atomic mass is 10.1. The second-order valence-corrected chi connectivity index (χ2v) is 2.82. The smallest absolute Gasteiger partial charge is 0.104 e. The summed E-state index contributed by atoms with van der Waals surface area (Å²) in [5, 5.41) is 10.5. The third-order valence-corrected chi connectivity index (χ3v) is 2.02. The predicted octanol–water partition coefficient (Wildman–Crippen LogP) is 2.06. The van der Waals surface area contributed by atoms with Gasteiger partial charge in [0.15, 0.2) is 0 Å². The predicted molar refractivity (Wildman–Crippen MR) is 43.7 cm³/mol. The molecule has 2 rings (SSSR count). The molecule has 1 aliphatic carbocycles. The fourth-order valence-electron chi connectivity index (χ4n) is 1.44. The van der Waals surface area contributed by atoms with Crippen molar-refractivity contribution in [2.45, 2.75) is 6.42 Å². The normalized spacial score (nSPS) is 14.5. The van der Waals surface area contributed by atoms with E-state index in [-0.39, 0.29) is 6.61 Å². The molecule has 0 amide bonds. The van der Waals surface area contributed by atoms with E-state index < -0.39 is 0 Å². The van der Waals surface area contributed by atoms with Gasteiger partial charge in [0.25, 0.3) is 0 Å². The molecular formula is C10H9O. The molecule has 0 unspecified atom stereocenters. The van der Waals surface area contributed by atoms with Crippen molar-refractivity contribution in [3.8, 4) is 0 Å². The molecular weight excluding hydrogens is 136 g/mol. The molecule has 0 spiro atoms. The summed E-state index contributed by atoms with van der Waals surface area (Å²) < 4.78 is 0. The van der Waals surface area contributed by atoms with E-state index in [1.165, 1.54) is 11.1 Å². The molecule has 11 heavy (non-hydrogen) atoms. The van der Waals surface area contributed by atoms with Crippen LogP contribution in [0.1, 0.15) is 11.1 Å². The van der Waals surface area contributed by atoms with Gasteiger partial charge in [-0.1, -0.05) is 30.3 Å². The second-order valence-electron chi connectivity index (χ2n) is 2.82. The summed E-state index contributed by atoms with van der Waals surface area (Å²) in [7, 11) is 0. The summed E-state index contributed by atoms with van der Waals surface area (Å²) in [5.41, 5.74) is 3.52. The Hall–Kier alpha value is -1.08. The molecule has 0 heterocycles. The van der Waals surface area contributed by atoms with Crippen molar-refractivity contribution in [3.63, 3.8) is 0 Å². The molecule has 0 N–H and O–H groups in total. The first kappa shape index (κ1) is 6.62. The van der Waals surface area contributed by atoms with Gasteiger partial charge in [0.05, 0.1) is 0 Å². The zero-order valence-corrected chi connectivity index (χ0v) is 6.21. The highest BCUT2D eigenvalue weighted by Crippen LogP contribution is 2.23. The van der Waals surface area contributed by atoms with Crippen LogP contribution in [0.2, 0.25) is 0 Å². The highest BCUT2D eigenvalue weighted by molar-refractivity contribution is 5.63. The molecule has 0 aromatic heterocycles. The molecule has 1 aliphatic rings. The van der Waals surface area contributed by atoms with Crippen molar-refractivity contribution in [2.75, 3.05) is 6.61 Å². The van der Waals surface area contributed by atoms with E-state index in [1.54, 1.807) is 0 Å². The van der Waals surface area contributed by atoms with Gasteiger partial charge in [-0.25, -0.2) is 5.11 Å². The maximum atomic E-state index is 10.5. The first-order valence-corrected chi connectivity index (χ1v) is 3.75. The van der Waals surface area contributed by atoms with E-state index in [0.29, 0.717) is 0 Å². The molecule has 1 heteroatoms. The Morgan fingerprint density at radius 1 is 1.27 bits per heavy atom. The van der Waals surface area contributed by atoms with Crippen molar-refractivity contribution >= 4 is 6.08 Å². The van der Waals surface area contributed by atoms with Crippen LogP contribution in [-0.2, 0) is 11.5 Å². The highest BCUT2D eigenvalue weighted by atomic mass is 16.3. The lowest BCUT2D eigenvalue weighted by Crippen LogP contribution is -1.87. The van der Waals surface area contributed by atoms with E-state index in [1.807, 2.05) is 18.2 Å². The van der Waals surface area contributed by atoms with Gasteiger partial charge in [-0.05, 0) is 23.1 Å². The maximum absolute atomic E-state index is 10.5. The van der Waals surface area contributed by atoms with Crippen LogP contribution in [-0.4, -0.2) is 6.61 Å². The summed E-state index contributed by atoms with van der Waals surface area (Å²) in [4.78, 5) is 0. The number of hydrogen-bond donors (Lipinski definition) is 0. The third kappa shape index (κ3) is 1.08. The maximum Gasteiger partial charge on any atom is 0.104 e. The Balaban J connectivity index is 2.39. The van der Waals surface area contributed by atoms with Gasteiger partial charge in [0.1, 0.15) is 6.61 Å². The molecule has 1 aromatic rings. The van der Waals surface area contributed by atoms with Crippen LogP contribution < -0.4 is 0 Å². The van der Waals surface area contributed by atoms with Crippen molar-refractivity contribution < 1.29 is 5.11 Å². The van der Waals surface area contributed by atoms with Gasteiger partial charge in [0.2, 0.25) is 0 Å². The number of rotatable bonds is 1. The average molecular weight is 145 g/mol. The fourth-order valence-corrected chi connectivity index (χ4v) is 1.44. The molecule has 0 atom stereocenters. The third-order valence-electron chi connectivity index (χ3n) is 2.02. The summed E-state index contributed by atoms with van der Waals surface area (Å²) >= 11 is 0. The molecule has 1 aromatic carbocycles. The quantitative estimate of drug-likeness (QED) is 0.576. The van der Waals surface area contributed by atoms with Crippen LogP contribution >= 0.6 is 0 Å². The molecule has 55 valence electrons. The molecule has 0 saturated carbocycles. The topological polar surface area (TPSA) is 19.9 Å². The van der Waals surface area contributed by atoms with E-state index >= 15 is 0 Å². The van der Waals surface area contributed by atoms with Crippen LogP contribution in [0.3, 0.4) is 0 Å². The Morgan fingerprint density at radius 3 is 2.82 bits per heavy atom. The number of hydrogen-bond acceptors (Lipinski definition) is 0. The summed E-state index contributed by atoms with van der Waals surface area (Å²) in [5.74, 6) is 0. The lowest BCUT2D eigenvalue weighted by molar-refractivity contribution is 0.222. The summed E-state index contributed by atoms with van der Waals surface area (Å²) in [6.45, 7) is -0.0608. The zero-order valence-electron chi connectivity index (χ0n) is 6.21. The molecule has 1 radical (unpaired) electrons. The van der Waals surface area contributed by atoms with E-state index in [0.717, 1.165) is 12.0 Å². The monoisotopic (exact) mass is 145 g/mol. The zero-order chi connectivity index (χ0) is 7.68. The van der Waals surface area contributed by atoms with Gasteiger partial charge in [0, 0.05) is 0 Å². The highest BCUT2D eigenvalue weighted by Gasteiger charge is 2.10. The SMILES string of the molecule is [O]CC1=Cc2ccccc2C1. The largest absolute Gasteiger partial charge is 0.232 e. The van der Waals surface area contributed by atoms with Crippen LogP contribution in [0, 0.1) is 0 Å². The van der Waals surface area contributed by atoms with Gasteiger partial charge >= 0.3 is 0 Å². The molecule has 0 bridgehead atoms. The van der Waals surface area contributed by atoms with E-state index in [2.05, 4.69) is 12.1 Å². The Labute approximate surface area is 66.0 Å². The second kappa shape index (κ2) is 2.51.